The molecule has 26 heavy (non-hydrogen) atoms. The minimum atomic E-state index is -0.363. The number of hydrogen-bond acceptors (Lipinski definition) is 5. The lowest BCUT2D eigenvalue weighted by Gasteiger charge is -2.36. The molecule has 6 heteroatoms. The summed E-state index contributed by atoms with van der Waals surface area (Å²) < 4.78 is 0. The predicted octanol–water partition coefficient (Wildman–Crippen LogP) is 3.16. The van der Waals surface area contributed by atoms with Crippen LogP contribution in [0, 0.1) is 26.7 Å². The number of carbonyl (C=O) groups is 1. The van der Waals surface area contributed by atoms with Crippen LogP contribution in [-0.2, 0) is 4.79 Å². The highest BCUT2D eigenvalue weighted by Gasteiger charge is 2.33. The molecule has 2 heterocycles. The molecule has 3 N–H and O–H groups in total. The van der Waals surface area contributed by atoms with Crippen LogP contribution in [0.4, 0.5) is 5.95 Å². The number of rotatable bonds is 5. The standard InChI is InChI=1S/C20H29N5O/c1-6-7-8-15-13(4)21-20(24-18(15)26)25-19-22-14(5)16-10-11(2)9-12(3)17(16)23-19/h9-10,13,15,20-21H,6-8H2,1-5H3,(H,24,26)(H,22,23,25). The second-order valence-electron chi connectivity index (χ2n) is 7.40. The van der Waals surface area contributed by atoms with Gasteiger partial charge in [-0.3, -0.25) is 10.1 Å². The molecule has 1 saturated heterocycles. The Bertz CT molecular complexity index is 819. The highest BCUT2D eigenvalue weighted by molar-refractivity contribution is 5.85. The number of nitrogens with one attached hydrogen (secondary N) is 3. The van der Waals surface area contributed by atoms with Gasteiger partial charge < -0.3 is 10.6 Å². The molecule has 140 valence electrons. The van der Waals surface area contributed by atoms with E-state index in [0.29, 0.717) is 5.95 Å². The van der Waals surface area contributed by atoms with Gasteiger partial charge in [-0.15, -0.1) is 0 Å². The number of amides is 1. The molecule has 0 radical (unpaired) electrons. The molecule has 0 bridgehead atoms. The Morgan fingerprint density at radius 1 is 1.19 bits per heavy atom. The van der Waals surface area contributed by atoms with Crippen LogP contribution in [0.2, 0.25) is 0 Å². The zero-order valence-corrected chi connectivity index (χ0v) is 16.3. The molecular weight excluding hydrogens is 326 g/mol. The molecule has 2 aromatic rings. The van der Waals surface area contributed by atoms with E-state index in [1.54, 1.807) is 0 Å². The van der Waals surface area contributed by atoms with Crippen molar-refractivity contribution in [1.82, 2.24) is 20.6 Å². The highest BCUT2D eigenvalue weighted by atomic mass is 16.2. The van der Waals surface area contributed by atoms with Crippen LogP contribution < -0.4 is 16.0 Å². The molecule has 1 aliphatic heterocycles. The fourth-order valence-corrected chi connectivity index (χ4v) is 3.71. The second kappa shape index (κ2) is 7.58. The van der Waals surface area contributed by atoms with E-state index in [0.717, 1.165) is 41.4 Å². The lowest BCUT2D eigenvalue weighted by molar-refractivity contribution is -0.129. The fraction of sp³-hybridized carbons (Fsp3) is 0.550. The first-order chi connectivity index (χ1) is 12.4. The normalized spacial score (nSPS) is 23.1. The Kier molecular flexibility index (Phi) is 5.41. The molecule has 1 aromatic heterocycles. The van der Waals surface area contributed by atoms with E-state index < -0.39 is 0 Å². The molecule has 3 unspecified atom stereocenters. The predicted molar refractivity (Wildman–Crippen MR) is 105 cm³/mol. The number of unbranched alkanes of at least 4 members (excludes halogenated alkanes) is 1. The van der Waals surface area contributed by atoms with Crippen LogP contribution in [0.5, 0.6) is 0 Å². The molecule has 1 aromatic carbocycles. The van der Waals surface area contributed by atoms with Crippen molar-refractivity contribution in [3.8, 4) is 0 Å². The third kappa shape index (κ3) is 3.80. The smallest absolute Gasteiger partial charge is 0.227 e. The van der Waals surface area contributed by atoms with Crippen molar-refractivity contribution in [1.29, 1.82) is 0 Å². The van der Waals surface area contributed by atoms with Crippen LogP contribution in [0.1, 0.15) is 49.9 Å². The molecule has 0 spiro atoms. The van der Waals surface area contributed by atoms with Gasteiger partial charge in [0.15, 0.2) is 6.29 Å². The summed E-state index contributed by atoms with van der Waals surface area (Å²) in [7, 11) is 0. The largest absolute Gasteiger partial charge is 0.323 e. The van der Waals surface area contributed by atoms with Gasteiger partial charge in [0.1, 0.15) is 0 Å². The number of carbonyl (C=O) groups excluding carboxylic acids is 1. The third-order valence-corrected chi connectivity index (χ3v) is 5.12. The van der Waals surface area contributed by atoms with Crippen molar-refractivity contribution >= 4 is 22.8 Å². The van der Waals surface area contributed by atoms with Gasteiger partial charge in [-0.1, -0.05) is 31.4 Å². The molecule has 1 aliphatic rings. The quantitative estimate of drug-likeness (QED) is 0.768. The lowest BCUT2D eigenvalue weighted by atomic mass is 9.92. The van der Waals surface area contributed by atoms with Crippen LogP contribution in [0.25, 0.3) is 10.9 Å². The number of hydrogen-bond donors (Lipinski definition) is 3. The van der Waals surface area contributed by atoms with E-state index in [1.165, 1.54) is 5.56 Å². The molecule has 3 atom stereocenters. The number of nitrogens with zero attached hydrogens (tertiary/aromatic N) is 2. The van der Waals surface area contributed by atoms with Crippen LogP contribution in [0.15, 0.2) is 12.1 Å². The Hall–Kier alpha value is -2.21. The van der Waals surface area contributed by atoms with Gasteiger partial charge in [-0.25, -0.2) is 9.97 Å². The first kappa shape index (κ1) is 18.6. The Morgan fingerprint density at radius 3 is 2.65 bits per heavy atom. The number of fused-ring (bicyclic) bond motifs is 1. The van der Waals surface area contributed by atoms with Crippen molar-refractivity contribution in [2.45, 2.75) is 66.2 Å². The summed E-state index contributed by atoms with van der Waals surface area (Å²) in [6.45, 7) is 10.3. The molecule has 1 amide bonds. The first-order valence-electron chi connectivity index (χ1n) is 9.47. The van der Waals surface area contributed by atoms with Gasteiger partial charge in [-0.05, 0) is 45.7 Å². The number of anilines is 1. The van der Waals surface area contributed by atoms with Crippen molar-refractivity contribution in [3.05, 3.63) is 29.0 Å². The summed E-state index contributed by atoms with van der Waals surface area (Å²) >= 11 is 0. The third-order valence-electron chi connectivity index (χ3n) is 5.12. The average Bonchev–Trinajstić information content (AvgIpc) is 2.55. The lowest BCUT2D eigenvalue weighted by Crippen LogP contribution is -2.63. The molecule has 6 nitrogen and oxygen atoms in total. The number of aryl methyl sites for hydroxylation is 3. The summed E-state index contributed by atoms with van der Waals surface area (Å²) in [5, 5.41) is 10.7. The van der Waals surface area contributed by atoms with Crippen LogP contribution >= 0.6 is 0 Å². The van der Waals surface area contributed by atoms with Crippen molar-refractivity contribution in [2.75, 3.05) is 5.32 Å². The van der Waals surface area contributed by atoms with E-state index >= 15 is 0 Å². The van der Waals surface area contributed by atoms with E-state index in [1.807, 2.05) is 6.92 Å². The number of benzene rings is 1. The second-order valence-corrected chi connectivity index (χ2v) is 7.40. The Morgan fingerprint density at radius 2 is 1.96 bits per heavy atom. The average molecular weight is 355 g/mol. The van der Waals surface area contributed by atoms with Crippen molar-refractivity contribution in [2.24, 2.45) is 5.92 Å². The summed E-state index contributed by atoms with van der Waals surface area (Å²) in [5.74, 6) is 0.628. The minimum absolute atomic E-state index is 0.0116. The van der Waals surface area contributed by atoms with Gasteiger partial charge in [0.2, 0.25) is 11.9 Å². The summed E-state index contributed by atoms with van der Waals surface area (Å²) in [6, 6.07) is 4.35. The maximum absolute atomic E-state index is 12.5. The Balaban J connectivity index is 1.78. The van der Waals surface area contributed by atoms with E-state index in [9.17, 15) is 4.79 Å². The van der Waals surface area contributed by atoms with Crippen molar-refractivity contribution < 1.29 is 4.79 Å². The zero-order valence-electron chi connectivity index (χ0n) is 16.3. The Labute approximate surface area is 155 Å². The fourth-order valence-electron chi connectivity index (χ4n) is 3.71. The molecule has 3 rings (SSSR count). The van der Waals surface area contributed by atoms with Gasteiger partial charge >= 0.3 is 0 Å². The van der Waals surface area contributed by atoms with Crippen LogP contribution in [0.3, 0.4) is 0 Å². The van der Waals surface area contributed by atoms with E-state index in [4.69, 9.17) is 0 Å². The summed E-state index contributed by atoms with van der Waals surface area (Å²) in [5.41, 5.74) is 4.21. The van der Waals surface area contributed by atoms with Gasteiger partial charge in [-0.2, -0.15) is 0 Å². The maximum atomic E-state index is 12.5. The zero-order chi connectivity index (χ0) is 18.8. The minimum Gasteiger partial charge on any atom is -0.323 e. The molecule has 0 aliphatic carbocycles. The van der Waals surface area contributed by atoms with Crippen molar-refractivity contribution in [3.63, 3.8) is 0 Å². The summed E-state index contributed by atoms with van der Waals surface area (Å²) in [4.78, 5) is 21.7. The van der Waals surface area contributed by atoms with E-state index in [2.05, 4.69) is 65.7 Å². The molecule has 1 fully saturated rings. The van der Waals surface area contributed by atoms with E-state index in [-0.39, 0.29) is 24.2 Å². The van der Waals surface area contributed by atoms with Crippen LogP contribution in [-0.4, -0.2) is 28.2 Å². The molecule has 0 saturated carbocycles. The number of aromatic nitrogens is 2. The maximum Gasteiger partial charge on any atom is 0.227 e. The van der Waals surface area contributed by atoms with Gasteiger partial charge in [0.25, 0.3) is 0 Å². The molecular formula is C20H29N5O. The van der Waals surface area contributed by atoms with Gasteiger partial charge in [0.05, 0.1) is 17.1 Å². The van der Waals surface area contributed by atoms with Gasteiger partial charge in [0, 0.05) is 11.4 Å². The highest BCUT2D eigenvalue weighted by Crippen LogP contribution is 2.23. The topological polar surface area (TPSA) is 78.9 Å². The summed E-state index contributed by atoms with van der Waals surface area (Å²) in [6.07, 6.45) is 2.71. The monoisotopic (exact) mass is 355 g/mol. The SMILES string of the molecule is CCCCC1C(=O)NC(Nc2nc(C)c3cc(C)cc(C)c3n2)NC1C. The first-order valence-corrected chi connectivity index (χ1v) is 9.47.